The molecule has 0 amide bonds. The fourth-order valence-corrected chi connectivity index (χ4v) is 6.20. The summed E-state index contributed by atoms with van der Waals surface area (Å²) in [7, 11) is -5.57. The lowest BCUT2D eigenvalue weighted by Crippen LogP contribution is -2.50. The molecule has 1 aliphatic heterocycles. The lowest BCUT2D eigenvalue weighted by Gasteiger charge is -2.48. The van der Waals surface area contributed by atoms with Gasteiger partial charge in [0.1, 0.15) is 0 Å². The summed E-state index contributed by atoms with van der Waals surface area (Å²) in [5.74, 6) is -0.939. The largest absolute Gasteiger partial charge is 0.450 e. The third-order valence-electron chi connectivity index (χ3n) is 4.55. The molecule has 3 unspecified atom stereocenters. The van der Waals surface area contributed by atoms with Crippen molar-refractivity contribution in [1.82, 2.24) is 0 Å². The van der Waals surface area contributed by atoms with E-state index in [1.807, 2.05) is 36.4 Å². The van der Waals surface area contributed by atoms with Crippen LogP contribution in [0.4, 0.5) is 0 Å². The first-order valence-corrected chi connectivity index (χ1v) is 14.6. The standard InChI is InChI=1S/C20H33O5PSi/c1-8-22-26(21,23-9-2)19-15-16(3)17(4)20(24-19,25-27(5,6)7)18-13-11-10-12-14-18/h10-17H,8-9H2,1-7H3. The highest BCUT2D eigenvalue weighted by molar-refractivity contribution is 7.58. The summed E-state index contributed by atoms with van der Waals surface area (Å²) in [4.78, 5) is 0. The van der Waals surface area contributed by atoms with Crippen molar-refractivity contribution in [3.05, 3.63) is 47.5 Å². The molecule has 0 radical (unpaired) electrons. The molecule has 152 valence electrons. The zero-order valence-corrected chi connectivity index (χ0v) is 19.4. The van der Waals surface area contributed by atoms with Gasteiger partial charge in [0.25, 0.3) is 0 Å². The molecular weight excluding hydrogens is 379 g/mol. The number of rotatable bonds is 8. The number of ether oxygens (including phenoxy) is 1. The maximum Gasteiger partial charge on any atom is 0.395 e. The van der Waals surface area contributed by atoms with Gasteiger partial charge in [-0.25, -0.2) is 0 Å². The van der Waals surface area contributed by atoms with Gasteiger partial charge in [-0.05, 0) is 45.5 Å². The Kier molecular flexibility index (Phi) is 7.15. The van der Waals surface area contributed by atoms with E-state index in [0.29, 0.717) is 0 Å². The van der Waals surface area contributed by atoms with E-state index >= 15 is 0 Å². The van der Waals surface area contributed by atoms with Crippen LogP contribution in [0.2, 0.25) is 19.6 Å². The van der Waals surface area contributed by atoms with Gasteiger partial charge in [0, 0.05) is 11.5 Å². The van der Waals surface area contributed by atoms with Crippen LogP contribution in [0.3, 0.4) is 0 Å². The molecule has 0 saturated carbocycles. The minimum atomic E-state index is -3.55. The zero-order chi connectivity index (χ0) is 20.3. The predicted molar refractivity (Wildman–Crippen MR) is 111 cm³/mol. The molecule has 3 atom stereocenters. The Balaban J connectivity index is 2.60. The normalized spacial score (nSPS) is 26.4. The molecule has 0 fully saturated rings. The summed E-state index contributed by atoms with van der Waals surface area (Å²) in [6.07, 6.45) is 1.87. The third-order valence-corrected chi connectivity index (χ3v) is 7.44. The molecule has 0 saturated heterocycles. The van der Waals surface area contributed by atoms with Crippen molar-refractivity contribution in [2.24, 2.45) is 11.8 Å². The topological polar surface area (TPSA) is 54.0 Å². The second kappa shape index (κ2) is 8.62. The Morgan fingerprint density at radius 1 is 1.07 bits per heavy atom. The Hall–Kier alpha value is -0.913. The summed E-state index contributed by atoms with van der Waals surface area (Å²) in [5, 5.41) is 0. The van der Waals surface area contributed by atoms with Gasteiger partial charge in [0.05, 0.1) is 13.2 Å². The molecule has 0 aliphatic carbocycles. The quantitative estimate of drug-likeness (QED) is 0.381. The smallest absolute Gasteiger partial charge is 0.395 e. The van der Waals surface area contributed by atoms with E-state index in [0.717, 1.165) is 5.56 Å². The van der Waals surface area contributed by atoms with Crippen LogP contribution in [0.15, 0.2) is 41.9 Å². The number of benzene rings is 1. The predicted octanol–water partition coefficient (Wildman–Crippen LogP) is 6.10. The van der Waals surface area contributed by atoms with Gasteiger partial charge in [0.2, 0.25) is 11.3 Å². The van der Waals surface area contributed by atoms with E-state index in [-0.39, 0.29) is 30.5 Å². The molecule has 0 N–H and O–H groups in total. The summed E-state index contributed by atoms with van der Waals surface area (Å²) < 4.78 is 37.6. The summed E-state index contributed by atoms with van der Waals surface area (Å²) in [6.45, 7) is 14.7. The van der Waals surface area contributed by atoms with Crippen LogP contribution in [0.5, 0.6) is 0 Å². The van der Waals surface area contributed by atoms with Crippen molar-refractivity contribution in [2.45, 2.75) is 53.1 Å². The van der Waals surface area contributed by atoms with Crippen LogP contribution >= 0.6 is 7.60 Å². The molecule has 7 heteroatoms. The molecular formula is C20H33O5PSi. The Morgan fingerprint density at radius 3 is 2.11 bits per heavy atom. The van der Waals surface area contributed by atoms with Crippen LogP contribution in [0.1, 0.15) is 33.3 Å². The molecule has 5 nitrogen and oxygen atoms in total. The maximum absolute atomic E-state index is 13.4. The van der Waals surface area contributed by atoms with Crippen LogP contribution < -0.4 is 0 Å². The van der Waals surface area contributed by atoms with Crippen LogP contribution in [-0.2, 0) is 28.6 Å². The first-order valence-electron chi connectivity index (χ1n) is 9.64. The van der Waals surface area contributed by atoms with Crippen LogP contribution in [0, 0.1) is 11.8 Å². The average Bonchev–Trinajstić information content (AvgIpc) is 2.59. The van der Waals surface area contributed by atoms with Gasteiger partial charge >= 0.3 is 7.60 Å². The minimum Gasteiger partial charge on any atom is -0.450 e. The third kappa shape index (κ3) is 4.93. The highest BCUT2D eigenvalue weighted by atomic mass is 31.2. The lowest BCUT2D eigenvalue weighted by atomic mass is 9.82. The van der Waals surface area contributed by atoms with E-state index in [4.69, 9.17) is 18.2 Å². The second-order valence-electron chi connectivity index (χ2n) is 7.84. The van der Waals surface area contributed by atoms with Gasteiger partial charge in [-0.1, -0.05) is 44.2 Å². The molecule has 0 spiro atoms. The second-order valence-corrected chi connectivity index (χ2v) is 14.2. The Labute approximate surface area is 164 Å². The van der Waals surface area contributed by atoms with Crippen molar-refractivity contribution in [3.63, 3.8) is 0 Å². The van der Waals surface area contributed by atoms with E-state index in [1.54, 1.807) is 13.8 Å². The molecule has 0 aromatic heterocycles. The van der Waals surface area contributed by atoms with Crippen molar-refractivity contribution in [1.29, 1.82) is 0 Å². The summed E-state index contributed by atoms with van der Waals surface area (Å²) in [6, 6.07) is 9.89. The lowest BCUT2D eigenvalue weighted by molar-refractivity contribution is -0.217. The minimum absolute atomic E-state index is 0.0204. The first kappa shape index (κ1) is 22.4. The zero-order valence-electron chi connectivity index (χ0n) is 17.5. The molecule has 1 aromatic rings. The fraction of sp³-hybridized carbons (Fsp3) is 0.600. The number of hydrogen-bond acceptors (Lipinski definition) is 5. The average molecular weight is 413 g/mol. The fourth-order valence-electron chi connectivity index (χ4n) is 3.27. The van der Waals surface area contributed by atoms with Crippen molar-refractivity contribution in [2.75, 3.05) is 13.2 Å². The van der Waals surface area contributed by atoms with Crippen molar-refractivity contribution in [3.8, 4) is 0 Å². The Bertz CT molecular complexity index is 690. The van der Waals surface area contributed by atoms with E-state index in [9.17, 15) is 4.57 Å². The monoisotopic (exact) mass is 412 g/mol. The van der Waals surface area contributed by atoms with Gasteiger partial charge in [-0.2, -0.15) is 0 Å². The van der Waals surface area contributed by atoms with Crippen molar-refractivity contribution < 1.29 is 22.8 Å². The summed E-state index contributed by atoms with van der Waals surface area (Å²) >= 11 is 0. The maximum atomic E-state index is 13.4. The van der Waals surface area contributed by atoms with E-state index < -0.39 is 21.7 Å². The van der Waals surface area contributed by atoms with E-state index in [1.165, 1.54) is 0 Å². The molecule has 27 heavy (non-hydrogen) atoms. The molecule has 1 aliphatic rings. The highest BCUT2D eigenvalue weighted by Gasteiger charge is 2.52. The molecule has 0 bridgehead atoms. The highest BCUT2D eigenvalue weighted by Crippen LogP contribution is 2.62. The van der Waals surface area contributed by atoms with Gasteiger partial charge in [-0.3, -0.25) is 4.57 Å². The van der Waals surface area contributed by atoms with Crippen LogP contribution in [0.25, 0.3) is 0 Å². The molecule has 1 heterocycles. The SMILES string of the molecule is CCOP(=O)(OCC)C1=CC(C)C(C)C(O[Si](C)(C)C)(c2ccccc2)O1. The van der Waals surface area contributed by atoms with Gasteiger partial charge < -0.3 is 18.2 Å². The van der Waals surface area contributed by atoms with Crippen molar-refractivity contribution >= 4 is 15.9 Å². The van der Waals surface area contributed by atoms with Crippen LogP contribution in [-0.4, -0.2) is 21.5 Å². The number of allylic oxidation sites excluding steroid dienone is 1. The molecule has 1 aromatic carbocycles. The van der Waals surface area contributed by atoms with E-state index in [2.05, 4.69) is 33.5 Å². The van der Waals surface area contributed by atoms with Gasteiger partial charge in [0.15, 0.2) is 8.32 Å². The summed E-state index contributed by atoms with van der Waals surface area (Å²) in [5.41, 5.74) is 1.16. The Morgan fingerprint density at radius 2 is 1.63 bits per heavy atom. The van der Waals surface area contributed by atoms with Gasteiger partial charge in [-0.15, -0.1) is 0 Å². The number of hydrogen-bond donors (Lipinski definition) is 0. The molecule has 2 rings (SSSR count). The first-order chi connectivity index (χ1) is 12.6.